The number of carbonyl (C=O) groups excluding carboxylic acids is 2. The molecule has 2 heterocycles. The van der Waals surface area contributed by atoms with Gasteiger partial charge in [0, 0.05) is 26.4 Å². The van der Waals surface area contributed by atoms with Gasteiger partial charge in [-0.2, -0.15) is 0 Å². The van der Waals surface area contributed by atoms with Gasteiger partial charge in [-0.1, -0.05) is 29.8 Å². The highest BCUT2D eigenvalue weighted by molar-refractivity contribution is 8.01. The van der Waals surface area contributed by atoms with Crippen molar-refractivity contribution < 1.29 is 14.0 Å². The molecular formula is C20H13ClFNO2S2. The number of hydrogen-bond donors (Lipinski definition) is 1. The minimum absolute atomic E-state index is 0.233. The van der Waals surface area contributed by atoms with Crippen molar-refractivity contribution in [3.05, 3.63) is 69.8 Å². The molecule has 1 unspecified atom stereocenters. The van der Waals surface area contributed by atoms with E-state index in [0.717, 1.165) is 22.3 Å². The number of hydrogen-bond acceptors (Lipinski definition) is 4. The quantitative estimate of drug-likeness (QED) is 0.556. The van der Waals surface area contributed by atoms with Gasteiger partial charge < -0.3 is 5.32 Å². The molecule has 3 nitrogen and oxygen atoms in total. The summed E-state index contributed by atoms with van der Waals surface area (Å²) in [6.07, 6.45) is 1.08. The van der Waals surface area contributed by atoms with Crippen molar-refractivity contribution >= 4 is 51.9 Å². The summed E-state index contributed by atoms with van der Waals surface area (Å²) < 4.78 is 13.9. The number of nitrogens with one attached hydrogen (secondary N) is 1. The summed E-state index contributed by atoms with van der Waals surface area (Å²) in [6, 6.07) is 12.0. The molecule has 0 aliphatic carbocycles. The first kappa shape index (κ1) is 18.2. The highest BCUT2D eigenvalue weighted by atomic mass is 35.5. The molecule has 1 aliphatic rings. The van der Waals surface area contributed by atoms with Crippen LogP contribution in [0.3, 0.4) is 0 Å². The van der Waals surface area contributed by atoms with Gasteiger partial charge in [0.15, 0.2) is 6.29 Å². The second-order valence-electron chi connectivity index (χ2n) is 6.03. The van der Waals surface area contributed by atoms with Gasteiger partial charge in [-0.25, -0.2) is 4.39 Å². The Bertz CT molecular complexity index is 1030. The molecule has 4 rings (SSSR count). The maximum absolute atomic E-state index is 13.9. The van der Waals surface area contributed by atoms with Crippen molar-refractivity contribution in [2.45, 2.75) is 16.6 Å². The molecule has 0 saturated carbocycles. The summed E-state index contributed by atoms with van der Waals surface area (Å²) in [4.78, 5) is 25.1. The monoisotopic (exact) mass is 417 g/mol. The fourth-order valence-corrected chi connectivity index (χ4v) is 5.27. The van der Waals surface area contributed by atoms with Crippen LogP contribution in [0, 0.1) is 5.82 Å². The number of carbonyl (C=O) groups is 2. The van der Waals surface area contributed by atoms with Crippen molar-refractivity contribution in [3.63, 3.8) is 0 Å². The van der Waals surface area contributed by atoms with E-state index in [2.05, 4.69) is 5.32 Å². The largest absolute Gasteiger partial charge is 0.316 e. The molecule has 0 bridgehead atoms. The lowest BCUT2D eigenvalue weighted by Crippen LogP contribution is -2.24. The summed E-state index contributed by atoms with van der Waals surface area (Å²) in [5.41, 5.74) is 2.60. The van der Waals surface area contributed by atoms with Crippen LogP contribution in [0.2, 0.25) is 5.02 Å². The number of benzene rings is 2. The number of halogens is 2. The Morgan fingerprint density at radius 3 is 2.70 bits per heavy atom. The number of thiophene rings is 1. The molecule has 1 amide bonds. The molecule has 1 aliphatic heterocycles. The molecule has 3 aromatic rings. The average molecular weight is 418 g/mol. The van der Waals surface area contributed by atoms with Crippen LogP contribution in [0.1, 0.15) is 15.9 Å². The van der Waals surface area contributed by atoms with Crippen LogP contribution in [0.25, 0.3) is 11.1 Å². The highest BCUT2D eigenvalue weighted by Crippen LogP contribution is 2.40. The number of rotatable bonds is 4. The predicted octanol–water partition coefficient (Wildman–Crippen LogP) is 5.68. The molecule has 7 heteroatoms. The standard InChI is InChI=1S/C20H13ClFNO2S2/c21-12-6-4-11(5-7-12)15-10-26-20(14(15)9-24)23-19(25)18-8-13-16(22)2-1-3-17(13)27-18/h1-7,9-10,18H,8H2,(H,23,25). The van der Waals surface area contributed by atoms with Crippen molar-refractivity contribution in [1.82, 2.24) is 0 Å². The molecule has 1 aromatic heterocycles. The molecule has 0 saturated heterocycles. The zero-order valence-electron chi connectivity index (χ0n) is 13.9. The molecule has 0 radical (unpaired) electrons. The van der Waals surface area contributed by atoms with Gasteiger partial charge in [0.2, 0.25) is 5.91 Å². The third-order valence-corrected chi connectivity index (χ3v) is 6.83. The summed E-state index contributed by atoms with van der Waals surface area (Å²) in [5.74, 6) is -0.520. The first-order chi connectivity index (χ1) is 13.1. The molecule has 1 N–H and O–H groups in total. The fraction of sp³-hybridized carbons (Fsp3) is 0.100. The van der Waals surface area contributed by atoms with Crippen LogP contribution in [-0.4, -0.2) is 17.4 Å². The minimum atomic E-state index is -0.419. The maximum Gasteiger partial charge on any atom is 0.238 e. The van der Waals surface area contributed by atoms with Gasteiger partial charge in [-0.3, -0.25) is 9.59 Å². The zero-order chi connectivity index (χ0) is 19.0. The smallest absolute Gasteiger partial charge is 0.238 e. The van der Waals surface area contributed by atoms with Crippen molar-refractivity contribution in [3.8, 4) is 11.1 Å². The minimum Gasteiger partial charge on any atom is -0.316 e. The summed E-state index contributed by atoms with van der Waals surface area (Å²) >= 11 is 8.56. The number of amides is 1. The van der Waals surface area contributed by atoms with E-state index in [4.69, 9.17) is 11.6 Å². The highest BCUT2D eigenvalue weighted by Gasteiger charge is 2.31. The number of fused-ring (bicyclic) bond motifs is 1. The lowest BCUT2D eigenvalue weighted by Gasteiger charge is -2.09. The fourth-order valence-electron chi connectivity index (χ4n) is 3.00. The first-order valence-corrected chi connectivity index (χ1v) is 10.3. The topological polar surface area (TPSA) is 46.2 Å². The van der Waals surface area contributed by atoms with Crippen LogP contribution in [0.4, 0.5) is 9.39 Å². The molecular weight excluding hydrogens is 405 g/mol. The summed E-state index contributed by atoms with van der Waals surface area (Å²) in [5, 5.41) is 5.36. The lowest BCUT2D eigenvalue weighted by atomic mass is 10.0. The molecule has 0 fully saturated rings. The molecule has 27 heavy (non-hydrogen) atoms. The Morgan fingerprint density at radius 1 is 1.22 bits per heavy atom. The van der Waals surface area contributed by atoms with Crippen molar-refractivity contribution in [1.29, 1.82) is 0 Å². The lowest BCUT2D eigenvalue weighted by molar-refractivity contribution is -0.115. The number of aldehydes is 1. The molecule has 2 aromatic carbocycles. The zero-order valence-corrected chi connectivity index (χ0v) is 16.3. The van der Waals surface area contributed by atoms with Crippen LogP contribution in [-0.2, 0) is 11.2 Å². The Balaban J connectivity index is 1.55. The van der Waals surface area contributed by atoms with Crippen LogP contribution >= 0.6 is 34.7 Å². The molecule has 0 spiro atoms. The third kappa shape index (κ3) is 3.52. The van der Waals surface area contributed by atoms with Gasteiger partial charge in [-0.15, -0.1) is 23.1 Å². The Morgan fingerprint density at radius 2 is 2.00 bits per heavy atom. The van der Waals surface area contributed by atoms with Crippen LogP contribution in [0.15, 0.2) is 52.7 Å². The normalized spacial score (nSPS) is 15.4. The van der Waals surface area contributed by atoms with Gasteiger partial charge in [0.25, 0.3) is 0 Å². The van der Waals surface area contributed by atoms with Crippen molar-refractivity contribution in [2.75, 3.05) is 5.32 Å². The van der Waals surface area contributed by atoms with Gasteiger partial charge in [-0.05, 0) is 36.2 Å². The van der Waals surface area contributed by atoms with Crippen LogP contribution < -0.4 is 5.32 Å². The molecule has 136 valence electrons. The second-order valence-corrected chi connectivity index (χ2v) is 8.59. The van der Waals surface area contributed by atoms with Crippen LogP contribution in [0.5, 0.6) is 0 Å². The predicted molar refractivity (Wildman–Crippen MR) is 109 cm³/mol. The molecule has 1 atom stereocenters. The number of thioether (sulfide) groups is 1. The summed E-state index contributed by atoms with van der Waals surface area (Å²) in [7, 11) is 0. The third-order valence-electron chi connectivity index (χ3n) is 4.37. The van der Waals surface area contributed by atoms with E-state index < -0.39 is 5.25 Å². The SMILES string of the molecule is O=Cc1c(-c2ccc(Cl)cc2)csc1NC(=O)C1Cc2c(F)cccc2S1. The van der Waals surface area contributed by atoms with E-state index in [1.807, 2.05) is 23.6 Å². The van der Waals surface area contributed by atoms with E-state index in [-0.39, 0.29) is 11.7 Å². The van der Waals surface area contributed by atoms with Gasteiger partial charge in [0.05, 0.1) is 10.8 Å². The number of anilines is 1. The summed E-state index contributed by atoms with van der Waals surface area (Å²) in [6.45, 7) is 0. The van der Waals surface area contributed by atoms with E-state index in [1.165, 1.54) is 29.2 Å². The Hall–Kier alpha value is -2.15. The maximum atomic E-state index is 13.9. The van der Waals surface area contributed by atoms with Gasteiger partial charge >= 0.3 is 0 Å². The van der Waals surface area contributed by atoms with E-state index in [1.54, 1.807) is 18.2 Å². The van der Waals surface area contributed by atoms with E-state index >= 15 is 0 Å². The second kappa shape index (κ2) is 7.46. The van der Waals surface area contributed by atoms with Crippen molar-refractivity contribution in [2.24, 2.45) is 0 Å². The first-order valence-electron chi connectivity index (χ1n) is 8.14. The Kier molecular flexibility index (Phi) is 5.04. The average Bonchev–Trinajstić information content (AvgIpc) is 3.27. The van der Waals surface area contributed by atoms with E-state index in [0.29, 0.717) is 27.6 Å². The van der Waals surface area contributed by atoms with Gasteiger partial charge in [0.1, 0.15) is 10.8 Å². The van der Waals surface area contributed by atoms with E-state index in [9.17, 15) is 14.0 Å². The Labute approximate surface area is 168 Å².